The second-order valence-corrected chi connectivity index (χ2v) is 4.67. The molecule has 1 unspecified atom stereocenters. The lowest BCUT2D eigenvalue weighted by atomic mass is 10.2. The Morgan fingerprint density at radius 2 is 2.31 bits per heavy atom. The SMILES string of the molecule is C#CC(CCC)Nc1nc2ccccc2s1. The van der Waals surface area contributed by atoms with Crippen LogP contribution in [0.2, 0.25) is 0 Å². The number of benzene rings is 1. The average molecular weight is 230 g/mol. The van der Waals surface area contributed by atoms with Gasteiger partial charge in [-0.25, -0.2) is 4.98 Å². The summed E-state index contributed by atoms with van der Waals surface area (Å²) in [6.45, 7) is 2.13. The number of hydrogen-bond donors (Lipinski definition) is 1. The van der Waals surface area contributed by atoms with Crippen molar-refractivity contribution in [2.45, 2.75) is 25.8 Å². The molecule has 82 valence electrons. The third-order valence-electron chi connectivity index (χ3n) is 2.37. The lowest BCUT2D eigenvalue weighted by Gasteiger charge is -2.09. The Labute approximate surface area is 99.7 Å². The second-order valence-electron chi connectivity index (χ2n) is 3.64. The first-order valence-electron chi connectivity index (χ1n) is 5.41. The van der Waals surface area contributed by atoms with Crippen LogP contribution < -0.4 is 5.32 Å². The smallest absolute Gasteiger partial charge is 0.184 e. The number of fused-ring (bicyclic) bond motifs is 1. The molecule has 1 atom stereocenters. The monoisotopic (exact) mass is 230 g/mol. The van der Waals surface area contributed by atoms with Gasteiger partial charge in [0, 0.05) is 0 Å². The standard InChI is InChI=1S/C13H14N2S/c1-3-7-10(4-2)14-13-15-11-8-5-6-9-12(11)16-13/h2,5-6,8-10H,3,7H2,1H3,(H,14,15). The molecule has 0 saturated carbocycles. The van der Waals surface area contributed by atoms with E-state index in [1.165, 1.54) is 4.70 Å². The molecule has 0 saturated heterocycles. The molecule has 0 amide bonds. The largest absolute Gasteiger partial charge is 0.348 e. The predicted molar refractivity (Wildman–Crippen MR) is 70.8 cm³/mol. The molecular formula is C13H14N2S. The van der Waals surface area contributed by atoms with Crippen LogP contribution in [0, 0.1) is 12.3 Å². The summed E-state index contributed by atoms with van der Waals surface area (Å²) in [6, 6.07) is 8.20. The Morgan fingerprint density at radius 1 is 1.50 bits per heavy atom. The molecule has 0 fully saturated rings. The summed E-state index contributed by atoms with van der Waals surface area (Å²) >= 11 is 1.65. The van der Waals surface area contributed by atoms with Crippen molar-refractivity contribution < 1.29 is 0 Å². The zero-order chi connectivity index (χ0) is 11.4. The number of nitrogens with one attached hydrogen (secondary N) is 1. The summed E-state index contributed by atoms with van der Waals surface area (Å²) in [5.74, 6) is 2.75. The predicted octanol–water partition coefficient (Wildman–Crippen LogP) is 3.51. The first-order valence-corrected chi connectivity index (χ1v) is 6.23. The van der Waals surface area contributed by atoms with Crippen LogP contribution in [0.25, 0.3) is 10.2 Å². The first-order chi connectivity index (χ1) is 7.83. The Morgan fingerprint density at radius 3 is 3.00 bits per heavy atom. The molecule has 0 aliphatic rings. The van der Waals surface area contributed by atoms with Gasteiger partial charge in [0.05, 0.1) is 16.3 Å². The Hall–Kier alpha value is -1.53. The van der Waals surface area contributed by atoms with Crippen molar-refractivity contribution in [3.8, 4) is 12.3 Å². The van der Waals surface area contributed by atoms with Gasteiger partial charge in [-0.2, -0.15) is 0 Å². The van der Waals surface area contributed by atoms with E-state index in [9.17, 15) is 0 Å². The van der Waals surface area contributed by atoms with Gasteiger partial charge in [0.1, 0.15) is 0 Å². The maximum absolute atomic E-state index is 5.47. The van der Waals surface area contributed by atoms with Crippen molar-refractivity contribution in [1.29, 1.82) is 0 Å². The van der Waals surface area contributed by atoms with E-state index in [4.69, 9.17) is 6.42 Å². The molecule has 2 aromatic rings. The van der Waals surface area contributed by atoms with Crippen molar-refractivity contribution in [1.82, 2.24) is 4.98 Å². The van der Waals surface area contributed by atoms with Crippen molar-refractivity contribution >= 4 is 26.7 Å². The number of para-hydroxylation sites is 1. The Kier molecular flexibility index (Phi) is 3.43. The maximum Gasteiger partial charge on any atom is 0.184 e. The summed E-state index contributed by atoms with van der Waals surface area (Å²) in [5.41, 5.74) is 1.03. The number of rotatable bonds is 4. The van der Waals surface area contributed by atoms with Crippen LogP contribution in [0.1, 0.15) is 19.8 Å². The molecule has 1 heterocycles. The summed E-state index contributed by atoms with van der Waals surface area (Å²) in [4.78, 5) is 4.49. The van der Waals surface area contributed by atoms with Crippen LogP contribution in [-0.4, -0.2) is 11.0 Å². The zero-order valence-electron chi connectivity index (χ0n) is 9.23. The third-order valence-corrected chi connectivity index (χ3v) is 3.34. The fourth-order valence-corrected chi connectivity index (χ4v) is 2.49. The summed E-state index contributed by atoms with van der Waals surface area (Å²) < 4.78 is 1.19. The molecule has 0 spiro atoms. The molecule has 16 heavy (non-hydrogen) atoms. The number of terminal acetylenes is 1. The van der Waals surface area contributed by atoms with E-state index in [2.05, 4.69) is 29.2 Å². The Bertz CT molecular complexity index is 477. The summed E-state index contributed by atoms with van der Waals surface area (Å²) in [7, 11) is 0. The lowest BCUT2D eigenvalue weighted by molar-refractivity contribution is 0.755. The van der Waals surface area contributed by atoms with Gasteiger partial charge < -0.3 is 5.32 Å². The molecule has 0 bridgehead atoms. The minimum absolute atomic E-state index is 0.0885. The van der Waals surface area contributed by atoms with E-state index >= 15 is 0 Å². The van der Waals surface area contributed by atoms with Crippen LogP contribution in [-0.2, 0) is 0 Å². The van der Waals surface area contributed by atoms with E-state index in [0.29, 0.717) is 0 Å². The highest BCUT2D eigenvalue weighted by Crippen LogP contribution is 2.26. The van der Waals surface area contributed by atoms with Gasteiger partial charge in [-0.3, -0.25) is 0 Å². The van der Waals surface area contributed by atoms with E-state index in [1.54, 1.807) is 11.3 Å². The van der Waals surface area contributed by atoms with Gasteiger partial charge in [-0.05, 0) is 18.6 Å². The van der Waals surface area contributed by atoms with E-state index in [0.717, 1.165) is 23.5 Å². The van der Waals surface area contributed by atoms with Gasteiger partial charge in [-0.15, -0.1) is 6.42 Å². The van der Waals surface area contributed by atoms with E-state index in [1.807, 2.05) is 18.2 Å². The average Bonchev–Trinajstić information content (AvgIpc) is 2.70. The number of nitrogens with zero attached hydrogens (tertiary/aromatic N) is 1. The maximum atomic E-state index is 5.47. The molecule has 0 aliphatic carbocycles. The molecule has 1 aromatic heterocycles. The molecular weight excluding hydrogens is 216 g/mol. The van der Waals surface area contributed by atoms with Crippen LogP contribution in [0.3, 0.4) is 0 Å². The topological polar surface area (TPSA) is 24.9 Å². The third kappa shape index (κ3) is 2.34. The quantitative estimate of drug-likeness (QED) is 0.813. The number of hydrogen-bond acceptors (Lipinski definition) is 3. The summed E-state index contributed by atoms with van der Waals surface area (Å²) in [5, 5.41) is 4.20. The Balaban J connectivity index is 2.18. The highest BCUT2D eigenvalue weighted by atomic mass is 32.1. The molecule has 0 radical (unpaired) electrons. The molecule has 3 heteroatoms. The minimum Gasteiger partial charge on any atom is -0.348 e. The van der Waals surface area contributed by atoms with Gasteiger partial charge >= 0.3 is 0 Å². The van der Waals surface area contributed by atoms with Crippen molar-refractivity contribution in [2.24, 2.45) is 0 Å². The van der Waals surface area contributed by atoms with Crippen LogP contribution in [0.4, 0.5) is 5.13 Å². The first kappa shape index (κ1) is 11.0. The van der Waals surface area contributed by atoms with Crippen molar-refractivity contribution in [3.05, 3.63) is 24.3 Å². The summed E-state index contributed by atoms with van der Waals surface area (Å²) in [6.07, 6.45) is 7.52. The fraction of sp³-hybridized carbons (Fsp3) is 0.308. The highest BCUT2D eigenvalue weighted by molar-refractivity contribution is 7.22. The number of anilines is 1. The van der Waals surface area contributed by atoms with E-state index < -0.39 is 0 Å². The fourth-order valence-electron chi connectivity index (χ4n) is 1.57. The minimum atomic E-state index is 0.0885. The van der Waals surface area contributed by atoms with Crippen molar-refractivity contribution in [2.75, 3.05) is 5.32 Å². The molecule has 2 nitrogen and oxygen atoms in total. The highest BCUT2D eigenvalue weighted by Gasteiger charge is 2.07. The van der Waals surface area contributed by atoms with Gasteiger partial charge in [-0.1, -0.05) is 42.7 Å². The van der Waals surface area contributed by atoms with Crippen LogP contribution in [0.5, 0.6) is 0 Å². The number of thiazole rings is 1. The lowest BCUT2D eigenvalue weighted by Crippen LogP contribution is -2.16. The van der Waals surface area contributed by atoms with Crippen LogP contribution in [0.15, 0.2) is 24.3 Å². The molecule has 2 rings (SSSR count). The van der Waals surface area contributed by atoms with Gasteiger partial charge in [0.2, 0.25) is 0 Å². The van der Waals surface area contributed by atoms with Gasteiger partial charge in [0.25, 0.3) is 0 Å². The molecule has 1 N–H and O–H groups in total. The van der Waals surface area contributed by atoms with Crippen LogP contribution >= 0.6 is 11.3 Å². The van der Waals surface area contributed by atoms with E-state index in [-0.39, 0.29) is 6.04 Å². The molecule has 1 aromatic carbocycles. The van der Waals surface area contributed by atoms with Gasteiger partial charge in [0.15, 0.2) is 5.13 Å². The number of aromatic nitrogens is 1. The zero-order valence-corrected chi connectivity index (χ0v) is 10.1. The normalized spacial score (nSPS) is 12.2. The molecule has 0 aliphatic heterocycles. The second kappa shape index (κ2) is 5.00. The van der Waals surface area contributed by atoms with Crippen molar-refractivity contribution in [3.63, 3.8) is 0 Å².